The standard InChI is InChI=1S/C18H24N4O/c1-2-7-18(23)21-13-6-10-16(21)11-12-17-20-19-14-22(17)15-8-4-3-5-9-15/h3-5,8-9,14,16H,2,6-7,10-13H2,1H3. The Hall–Kier alpha value is -2.17. The van der Waals surface area contributed by atoms with Crippen LogP contribution in [0, 0.1) is 0 Å². The highest BCUT2D eigenvalue weighted by molar-refractivity contribution is 5.76. The number of likely N-dealkylation sites (tertiary alicyclic amines) is 1. The Morgan fingerprint density at radius 3 is 2.91 bits per heavy atom. The molecule has 5 heteroatoms. The van der Waals surface area contributed by atoms with Crippen LogP contribution in [-0.4, -0.2) is 38.2 Å². The summed E-state index contributed by atoms with van der Waals surface area (Å²) in [5, 5.41) is 8.33. The lowest BCUT2D eigenvalue weighted by molar-refractivity contribution is -0.132. The minimum Gasteiger partial charge on any atom is -0.340 e. The largest absolute Gasteiger partial charge is 0.340 e. The predicted molar refractivity (Wildman–Crippen MR) is 89.3 cm³/mol. The molecular weight excluding hydrogens is 288 g/mol. The third-order valence-corrected chi connectivity index (χ3v) is 4.52. The Morgan fingerprint density at radius 2 is 2.13 bits per heavy atom. The molecule has 1 atom stereocenters. The molecule has 1 amide bonds. The first-order valence-corrected chi connectivity index (χ1v) is 8.53. The fraction of sp³-hybridized carbons (Fsp3) is 0.500. The number of benzene rings is 1. The van der Waals surface area contributed by atoms with E-state index in [-0.39, 0.29) is 0 Å². The van der Waals surface area contributed by atoms with Crippen molar-refractivity contribution in [1.29, 1.82) is 0 Å². The summed E-state index contributed by atoms with van der Waals surface area (Å²) in [5.74, 6) is 1.27. The number of amides is 1. The molecule has 2 aromatic rings. The van der Waals surface area contributed by atoms with Crippen LogP contribution in [-0.2, 0) is 11.2 Å². The van der Waals surface area contributed by atoms with E-state index in [9.17, 15) is 4.79 Å². The van der Waals surface area contributed by atoms with Crippen molar-refractivity contribution in [2.75, 3.05) is 6.54 Å². The molecule has 23 heavy (non-hydrogen) atoms. The summed E-state index contributed by atoms with van der Waals surface area (Å²) in [7, 11) is 0. The third kappa shape index (κ3) is 3.60. The molecule has 0 spiro atoms. The van der Waals surface area contributed by atoms with Crippen molar-refractivity contribution < 1.29 is 4.79 Å². The molecule has 1 fully saturated rings. The highest BCUT2D eigenvalue weighted by Gasteiger charge is 2.28. The van der Waals surface area contributed by atoms with Crippen LogP contribution in [0.2, 0.25) is 0 Å². The van der Waals surface area contributed by atoms with Gasteiger partial charge in [0.05, 0.1) is 0 Å². The van der Waals surface area contributed by atoms with Crippen molar-refractivity contribution in [2.24, 2.45) is 0 Å². The number of hydrogen-bond acceptors (Lipinski definition) is 3. The van der Waals surface area contributed by atoms with Crippen LogP contribution in [0.4, 0.5) is 0 Å². The number of carbonyl (C=O) groups is 1. The summed E-state index contributed by atoms with van der Waals surface area (Å²) < 4.78 is 2.03. The Morgan fingerprint density at radius 1 is 1.30 bits per heavy atom. The molecule has 1 aromatic heterocycles. The fourth-order valence-corrected chi connectivity index (χ4v) is 3.35. The van der Waals surface area contributed by atoms with Crippen LogP contribution in [0.5, 0.6) is 0 Å². The quantitative estimate of drug-likeness (QED) is 0.824. The zero-order chi connectivity index (χ0) is 16.1. The number of para-hydroxylation sites is 1. The van der Waals surface area contributed by atoms with Crippen LogP contribution < -0.4 is 0 Å². The minimum absolute atomic E-state index is 0.305. The molecule has 0 bridgehead atoms. The van der Waals surface area contributed by atoms with E-state index in [0.29, 0.717) is 18.4 Å². The average molecular weight is 312 g/mol. The van der Waals surface area contributed by atoms with Crippen LogP contribution in [0.1, 0.15) is 44.9 Å². The lowest BCUT2D eigenvalue weighted by atomic mass is 10.1. The van der Waals surface area contributed by atoms with Crippen LogP contribution >= 0.6 is 0 Å². The zero-order valence-corrected chi connectivity index (χ0v) is 13.7. The number of nitrogens with zero attached hydrogens (tertiary/aromatic N) is 4. The molecule has 0 radical (unpaired) electrons. The molecule has 1 aliphatic heterocycles. The van der Waals surface area contributed by atoms with Crippen molar-refractivity contribution in [3.63, 3.8) is 0 Å². The zero-order valence-electron chi connectivity index (χ0n) is 13.7. The van der Waals surface area contributed by atoms with Crippen LogP contribution in [0.25, 0.3) is 5.69 Å². The summed E-state index contributed by atoms with van der Waals surface area (Å²) in [6.07, 6.45) is 7.37. The molecule has 1 unspecified atom stereocenters. The second-order valence-corrected chi connectivity index (χ2v) is 6.12. The van der Waals surface area contributed by atoms with Crippen molar-refractivity contribution in [3.05, 3.63) is 42.5 Å². The van der Waals surface area contributed by atoms with Gasteiger partial charge in [-0.25, -0.2) is 0 Å². The topological polar surface area (TPSA) is 51.0 Å². The number of aromatic nitrogens is 3. The highest BCUT2D eigenvalue weighted by atomic mass is 16.2. The van der Waals surface area contributed by atoms with Gasteiger partial charge in [-0.05, 0) is 37.8 Å². The van der Waals surface area contributed by atoms with Crippen molar-refractivity contribution in [1.82, 2.24) is 19.7 Å². The second kappa shape index (κ2) is 7.40. The van der Waals surface area contributed by atoms with Gasteiger partial charge in [0.1, 0.15) is 12.2 Å². The smallest absolute Gasteiger partial charge is 0.222 e. The Balaban J connectivity index is 1.65. The molecule has 2 heterocycles. The van der Waals surface area contributed by atoms with E-state index in [4.69, 9.17) is 0 Å². The number of carbonyl (C=O) groups excluding carboxylic acids is 1. The van der Waals surface area contributed by atoms with Crippen molar-refractivity contribution in [2.45, 2.75) is 51.5 Å². The fourth-order valence-electron chi connectivity index (χ4n) is 3.35. The Kier molecular flexibility index (Phi) is 5.05. The molecule has 1 saturated heterocycles. The van der Waals surface area contributed by atoms with Gasteiger partial charge in [-0.1, -0.05) is 25.1 Å². The molecule has 122 valence electrons. The Labute approximate surface area is 137 Å². The average Bonchev–Trinajstić information content (AvgIpc) is 3.23. The number of aryl methyl sites for hydroxylation is 1. The van der Waals surface area contributed by atoms with Gasteiger partial charge in [-0.2, -0.15) is 0 Å². The molecule has 0 aliphatic carbocycles. The van der Waals surface area contributed by atoms with Crippen molar-refractivity contribution >= 4 is 5.91 Å². The van der Waals surface area contributed by atoms with E-state index < -0.39 is 0 Å². The molecule has 5 nitrogen and oxygen atoms in total. The van der Waals surface area contributed by atoms with E-state index in [2.05, 4.69) is 34.2 Å². The summed E-state index contributed by atoms with van der Waals surface area (Å²) in [5.41, 5.74) is 1.08. The highest BCUT2D eigenvalue weighted by Crippen LogP contribution is 2.23. The summed E-state index contributed by atoms with van der Waals surface area (Å²) in [6, 6.07) is 10.5. The molecule has 0 saturated carbocycles. The van der Waals surface area contributed by atoms with Crippen LogP contribution in [0.15, 0.2) is 36.7 Å². The first kappa shape index (κ1) is 15.7. The minimum atomic E-state index is 0.305. The Bertz CT molecular complexity index is 637. The molecule has 3 rings (SSSR count). The third-order valence-electron chi connectivity index (χ3n) is 4.52. The maximum Gasteiger partial charge on any atom is 0.222 e. The van der Waals surface area contributed by atoms with Gasteiger partial charge in [0.15, 0.2) is 0 Å². The normalized spacial score (nSPS) is 17.6. The summed E-state index contributed by atoms with van der Waals surface area (Å²) in [6.45, 7) is 2.97. The first-order valence-electron chi connectivity index (χ1n) is 8.53. The monoisotopic (exact) mass is 312 g/mol. The first-order chi connectivity index (χ1) is 11.3. The number of hydrogen-bond donors (Lipinski definition) is 0. The molecule has 1 aliphatic rings. The van der Waals surface area contributed by atoms with Crippen molar-refractivity contribution in [3.8, 4) is 5.69 Å². The van der Waals surface area contributed by atoms with E-state index >= 15 is 0 Å². The van der Waals surface area contributed by atoms with Gasteiger partial charge in [0.2, 0.25) is 5.91 Å². The summed E-state index contributed by atoms with van der Waals surface area (Å²) in [4.78, 5) is 14.3. The lowest BCUT2D eigenvalue weighted by Crippen LogP contribution is -2.35. The maximum absolute atomic E-state index is 12.2. The second-order valence-electron chi connectivity index (χ2n) is 6.12. The van der Waals surface area contributed by atoms with Gasteiger partial charge in [0, 0.05) is 31.1 Å². The van der Waals surface area contributed by atoms with Gasteiger partial charge >= 0.3 is 0 Å². The van der Waals surface area contributed by atoms with Gasteiger partial charge < -0.3 is 4.90 Å². The van der Waals surface area contributed by atoms with E-state index in [1.807, 2.05) is 22.8 Å². The number of rotatable bonds is 6. The van der Waals surface area contributed by atoms with Gasteiger partial charge in [-0.15, -0.1) is 10.2 Å². The van der Waals surface area contributed by atoms with Gasteiger partial charge in [0.25, 0.3) is 0 Å². The molecule has 0 N–H and O–H groups in total. The van der Waals surface area contributed by atoms with E-state index in [1.165, 1.54) is 0 Å². The van der Waals surface area contributed by atoms with Gasteiger partial charge in [-0.3, -0.25) is 9.36 Å². The molecule has 1 aromatic carbocycles. The maximum atomic E-state index is 12.2. The summed E-state index contributed by atoms with van der Waals surface area (Å²) >= 11 is 0. The molecular formula is C18H24N4O. The predicted octanol–water partition coefficient (Wildman–Crippen LogP) is 2.99. The van der Waals surface area contributed by atoms with E-state index in [0.717, 1.165) is 50.2 Å². The lowest BCUT2D eigenvalue weighted by Gasteiger charge is -2.24. The SMILES string of the molecule is CCCC(=O)N1CCCC1CCc1nncn1-c1ccccc1. The van der Waals surface area contributed by atoms with Crippen LogP contribution in [0.3, 0.4) is 0 Å². The van der Waals surface area contributed by atoms with E-state index in [1.54, 1.807) is 6.33 Å².